The highest BCUT2D eigenvalue weighted by Gasteiger charge is 2.29. The van der Waals surface area contributed by atoms with Gasteiger partial charge in [0.15, 0.2) is 0 Å². The molecule has 148 valence electrons. The molecule has 0 spiro atoms. The SMILES string of the molecule is O=C(C(Sc1ccccc1)c1ccccc1)N1CCN(Cc2cccnc2)CC1. The van der Waals surface area contributed by atoms with Crippen molar-refractivity contribution in [3.05, 3.63) is 96.3 Å². The number of nitrogens with zero attached hydrogens (tertiary/aromatic N) is 3. The fraction of sp³-hybridized carbons (Fsp3) is 0.250. The molecule has 0 N–H and O–H groups in total. The summed E-state index contributed by atoms with van der Waals surface area (Å²) >= 11 is 1.63. The van der Waals surface area contributed by atoms with Gasteiger partial charge in [-0.2, -0.15) is 0 Å². The van der Waals surface area contributed by atoms with E-state index in [-0.39, 0.29) is 11.2 Å². The maximum atomic E-state index is 13.4. The predicted octanol–water partition coefficient (Wildman–Crippen LogP) is 4.26. The Morgan fingerprint density at radius 2 is 1.59 bits per heavy atom. The molecule has 0 aliphatic carbocycles. The summed E-state index contributed by atoms with van der Waals surface area (Å²) in [5.74, 6) is 0.200. The zero-order valence-corrected chi connectivity index (χ0v) is 17.2. The minimum atomic E-state index is -0.219. The molecule has 4 nitrogen and oxygen atoms in total. The number of piperazine rings is 1. The standard InChI is InChI=1S/C24H25N3OS/c28-24(27-16-14-26(15-17-27)19-20-8-7-13-25-18-20)23(21-9-3-1-4-10-21)29-22-11-5-2-6-12-22/h1-13,18,23H,14-17,19H2. The van der Waals surface area contributed by atoms with Gasteiger partial charge in [-0.15, -0.1) is 11.8 Å². The molecule has 2 aromatic carbocycles. The fourth-order valence-corrected chi connectivity index (χ4v) is 4.70. The van der Waals surface area contributed by atoms with Crippen molar-refractivity contribution in [3.8, 4) is 0 Å². The molecule has 29 heavy (non-hydrogen) atoms. The van der Waals surface area contributed by atoms with Crippen LogP contribution in [0.1, 0.15) is 16.4 Å². The van der Waals surface area contributed by atoms with Gasteiger partial charge in [0, 0.05) is 50.0 Å². The van der Waals surface area contributed by atoms with Gasteiger partial charge in [0.25, 0.3) is 0 Å². The van der Waals surface area contributed by atoms with Crippen LogP contribution in [0.15, 0.2) is 90.1 Å². The highest BCUT2D eigenvalue weighted by molar-refractivity contribution is 8.00. The lowest BCUT2D eigenvalue weighted by atomic mass is 10.1. The smallest absolute Gasteiger partial charge is 0.240 e. The first kappa shape index (κ1) is 19.7. The van der Waals surface area contributed by atoms with Crippen LogP contribution < -0.4 is 0 Å². The van der Waals surface area contributed by atoms with Gasteiger partial charge in [-0.1, -0.05) is 54.6 Å². The lowest BCUT2D eigenvalue weighted by molar-refractivity contribution is -0.132. The molecule has 0 saturated carbocycles. The number of carbonyl (C=O) groups is 1. The quantitative estimate of drug-likeness (QED) is 0.576. The number of rotatable bonds is 6. The van der Waals surface area contributed by atoms with Crippen molar-refractivity contribution in [2.24, 2.45) is 0 Å². The zero-order chi connectivity index (χ0) is 19.9. The molecule has 1 unspecified atom stereocenters. The molecule has 2 heterocycles. The number of thioether (sulfide) groups is 1. The van der Waals surface area contributed by atoms with Crippen molar-refractivity contribution in [2.45, 2.75) is 16.7 Å². The third kappa shape index (κ3) is 5.25. The van der Waals surface area contributed by atoms with Gasteiger partial charge in [-0.25, -0.2) is 0 Å². The van der Waals surface area contributed by atoms with Crippen molar-refractivity contribution in [1.82, 2.24) is 14.8 Å². The molecule has 0 radical (unpaired) electrons. The highest BCUT2D eigenvalue weighted by Crippen LogP contribution is 2.36. The van der Waals surface area contributed by atoms with Crippen LogP contribution >= 0.6 is 11.8 Å². The number of carbonyl (C=O) groups excluding carboxylic acids is 1. The van der Waals surface area contributed by atoms with E-state index in [2.05, 4.69) is 40.2 Å². The van der Waals surface area contributed by atoms with Crippen molar-refractivity contribution in [2.75, 3.05) is 26.2 Å². The number of pyridine rings is 1. The van der Waals surface area contributed by atoms with Crippen LogP contribution in [0, 0.1) is 0 Å². The Morgan fingerprint density at radius 3 is 2.24 bits per heavy atom. The number of aromatic nitrogens is 1. The molecule has 4 rings (SSSR count). The van der Waals surface area contributed by atoms with Gasteiger partial charge in [0.2, 0.25) is 5.91 Å². The number of hydrogen-bond acceptors (Lipinski definition) is 4. The van der Waals surface area contributed by atoms with Crippen LogP contribution in [0.25, 0.3) is 0 Å². The molecule has 1 aliphatic heterocycles. The van der Waals surface area contributed by atoms with Crippen LogP contribution in [0.3, 0.4) is 0 Å². The van der Waals surface area contributed by atoms with Crippen LogP contribution in [0.5, 0.6) is 0 Å². The van der Waals surface area contributed by atoms with Crippen LogP contribution in [-0.2, 0) is 11.3 Å². The summed E-state index contributed by atoms with van der Waals surface area (Å²) in [4.78, 5) is 23.2. The Hall–Kier alpha value is -2.63. The summed E-state index contributed by atoms with van der Waals surface area (Å²) in [6, 6.07) is 24.4. The lowest BCUT2D eigenvalue weighted by Gasteiger charge is -2.36. The molecule has 3 aromatic rings. The Morgan fingerprint density at radius 1 is 0.897 bits per heavy atom. The molecule has 1 atom stereocenters. The third-order valence-electron chi connectivity index (χ3n) is 5.14. The largest absolute Gasteiger partial charge is 0.339 e. The second kappa shape index (κ2) is 9.72. The Kier molecular flexibility index (Phi) is 6.60. The molecule has 1 amide bonds. The normalized spacial score (nSPS) is 15.8. The van der Waals surface area contributed by atoms with E-state index < -0.39 is 0 Å². The molecule has 1 fully saturated rings. The Balaban J connectivity index is 1.43. The van der Waals surface area contributed by atoms with Crippen molar-refractivity contribution >= 4 is 17.7 Å². The third-order valence-corrected chi connectivity index (χ3v) is 6.39. The summed E-state index contributed by atoms with van der Waals surface area (Å²) < 4.78 is 0. The summed E-state index contributed by atoms with van der Waals surface area (Å²) in [6.07, 6.45) is 3.72. The minimum absolute atomic E-state index is 0.200. The molecule has 5 heteroatoms. The molecular formula is C24H25N3OS. The molecule has 1 aromatic heterocycles. The predicted molar refractivity (Wildman–Crippen MR) is 118 cm³/mol. The molecule has 1 saturated heterocycles. The van der Waals surface area contributed by atoms with E-state index in [0.717, 1.165) is 43.2 Å². The highest BCUT2D eigenvalue weighted by atomic mass is 32.2. The van der Waals surface area contributed by atoms with Crippen LogP contribution in [0.4, 0.5) is 0 Å². The topological polar surface area (TPSA) is 36.4 Å². The van der Waals surface area contributed by atoms with E-state index in [1.807, 2.05) is 53.6 Å². The van der Waals surface area contributed by atoms with Crippen molar-refractivity contribution < 1.29 is 4.79 Å². The second-order valence-electron chi connectivity index (χ2n) is 7.18. The average Bonchev–Trinajstić information content (AvgIpc) is 2.79. The van der Waals surface area contributed by atoms with E-state index in [9.17, 15) is 4.79 Å². The average molecular weight is 404 g/mol. The zero-order valence-electron chi connectivity index (χ0n) is 16.4. The summed E-state index contributed by atoms with van der Waals surface area (Å²) in [7, 11) is 0. The van der Waals surface area contributed by atoms with E-state index in [1.54, 1.807) is 18.0 Å². The fourth-order valence-electron chi connectivity index (χ4n) is 3.57. The second-order valence-corrected chi connectivity index (χ2v) is 8.36. The Bertz CT molecular complexity index is 897. The van der Waals surface area contributed by atoms with Gasteiger partial charge in [-0.05, 0) is 29.3 Å². The first-order valence-electron chi connectivity index (χ1n) is 9.96. The number of hydrogen-bond donors (Lipinski definition) is 0. The maximum absolute atomic E-state index is 13.4. The monoisotopic (exact) mass is 403 g/mol. The first-order chi connectivity index (χ1) is 14.3. The maximum Gasteiger partial charge on any atom is 0.240 e. The number of amides is 1. The van der Waals surface area contributed by atoms with Gasteiger partial charge in [0.1, 0.15) is 5.25 Å². The lowest BCUT2D eigenvalue weighted by Crippen LogP contribution is -2.49. The molecule has 1 aliphatic rings. The van der Waals surface area contributed by atoms with Gasteiger partial charge in [0.05, 0.1) is 0 Å². The minimum Gasteiger partial charge on any atom is -0.339 e. The molecular weight excluding hydrogens is 378 g/mol. The van der Waals surface area contributed by atoms with Crippen LogP contribution in [0.2, 0.25) is 0 Å². The first-order valence-corrected chi connectivity index (χ1v) is 10.8. The van der Waals surface area contributed by atoms with Crippen molar-refractivity contribution in [3.63, 3.8) is 0 Å². The number of benzene rings is 2. The molecule has 0 bridgehead atoms. The van der Waals surface area contributed by atoms with E-state index >= 15 is 0 Å². The van der Waals surface area contributed by atoms with Gasteiger partial charge < -0.3 is 4.90 Å². The van der Waals surface area contributed by atoms with Crippen LogP contribution in [-0.4, -0.2) is 46.9 Å². The summed E-state index contributed by atoms with van der Waals surface area (Å²) in [6.45, 7) is 4.18. The van der Waals surface area contributed by atoms with Gasteiger partial charge >= 0.3 is 0 Å². The van der Waals surface area contributed by atoms with Gasteiger partial charge in [-0.3, -0.25) is 14.7 Å². The summed E-state index contributed by atoms with van der Waals surface area (Å²) in [5, 5.41) is -0.219. The summed E-state index contributed by atoms with van der Waals surface area (Å²) in [5.41, 5.74) is 2.28. The van der Waals surface area contributed by atoms with E-state index in [0.29, 0.717) is 0 Å². The van der Waals surface area contributed by atoms with E-state index in [4.69, 9.17) is 0 Å². The Labute approximate surface area is 176 Å². The van der Waals surface area contributed by atoms with E-state index in [1.165, 1.54) is 5.56 Å². The van der Waals surface area contributed by atoms with Crippen molar-refractivity contribution in [1.29, 1.82) is 0 Å².